The summed E-state index contributed by atoms with van der Waals surface area (Å²) < 4.78 is 29.5. The standard InChI is InChI=1S/C12H19NO4S/c1-9-7-11(16-3)12(8-10(9)2)18(14,15)6-4-5-17-13/h7-8H,4-6,13H2,1-3H3. The quantitative estimate of drug-likeness (QED) is 0.625. The van der Waals surface area contributed by atoms with Crippen molar-refractivity contribution in [3.63, 3.8) is 0 Å². The van der Waals surface area contributed by atoms with Gasteiger partial charge in [-0.05, 0) is 43.5 Å². The van der Waals surface area contributed by atoms with Crippen molar-refractivity contribution >= 4 is 9.84 Å². The third-order valence-electron chi connectivity index (χ3n) is 2.79. The van der Waals surface area contributed by atoms with Crippen LogP contribution in [0.15, 0.2) is 17.0 Å². The van der Waals surface area contributed by atoms with Crippen LogP contribution in [0.2, 0.25) is 0 Å². The minimum absolute atomic E-state index is 0.0109. The molecule has 18 heavy (non-hydrogen) atoms. The maximum Gasteiger partial charge on any atom is 0.182 e. The lowest BCUT2D eigenvalue weighted by molar-refractivity contribution is 0.139. The number of nitrogens with two attached hydrogens (primary N) is 1. The van der Waals surface area contributed by atoms with Crippen molar-refractivity contribution in [3.05, 3.63) is 23.3 Å². The minimum atomic E-state index is -3.38. The first kappa shape index (κ1) is 14.9. The van der Waals surface area contributed by atoms with Crippen molar-refractivity contribution in [2.24, 2.45) is 5.90 Å². The first-order valence-electron chi connectivity index (χ1n) is 5.62. The number of ether oxygens (including phenoxy) is 1. The van der Waals surface area contributed by atoms with Crippen LogP contribution in [0.1, 0.15) is 17.5 Å². The summed E-state index contributed by atoms with van der Waals surface area (Å²) in [6, 6.07) is 3.38. The van der Waals surface area contributed by atoms with Crippen molar-refractivity contribution in [1.29, 1.82) is 0 Å². The lowest BCUT2D eigenvalue weighted by Gasteiger charge is -2.12. The van der Waals surface area contributed by atoms with Crippen molar-refractivity contribution in [3.8, 4) is 5.75 Å². The number of hydrogen-bond donors (Lipinski definition) is 1. The van der Waals surface area contributed by atoms with E-state index in [1.807, 2.05) is 13.8 Å². The second-order valence-electron chi connectivity index (χ2n) is 4.13. The Hall–Kier alpha value is -1.11. The molecule has 0 aliphatic rings. The van der Waals surface area contributed by atoms with E-state index in [1.54, 1.807) is 12.1 Å². The monoisotopic (exact) mass is 273 g/mol. The second kappa shape index (κ2) is 6.17. The number of aryl methyl sites for hydroxylation is 2. The fraction of sp³-hybridized carbons (Fsp3) is 0.500. The van der Waals surface area contributed by atoms with Gasteiger partial charge in [0.05, 0.1) is 19.5 Å². The summed E-state index contributed by atoms with van der Waals surface area (Å²) in [4.78, 5) is 4.60. The Balaban J connectivity index is 3.11. The third-order valence-corrected chi connectivity index (χ3v) is 4.61. The highest BCUT2D eigenvalue weighted by molar-refractivity contribution is 7.91. The predicted octanol–water partition coefficient (Wildman–Crippen LogP) is 1.37. The molecule has 6 heteroatoms. The molecule has 2 N–H and O–H groups in total. The number of rotatable bonds is 6. The molecule has 0 bridgehead atoms. The zero-order valence-corrected chi connectivity index (χ0v) is 11.7. The maximum atomic E-state index is 12.2. The van der Waals surface area contributed by atoms with Crippen LogP contribution >= 0.6 is 0 Å². The maximum absolute atomic E-state index is 12.2. The first-order valence-corrected chi connectivity index (χ1v) is 7.27. The number of methoxy groups -OCH3 is 1. The van der Waals surface area contributed by atoms with Crippen molar-refractivity contribution in [2.75, 3.05) is 19.5 Å². The molecule has 5 nitrogen and oxygen atoms in total. The van der Waals surface area contributed by atoms with Crippen molar-refractivity contribution in [2.45, 2.75) is 25.2 Å². The van der Waals surface area contributed by atoms with Gasteiger partial charge >= 0.3 is 0 Å². The molecule has 0 fully saturated rings. The Morgan fingerprint density at radius 2 is 1.83 bits per heavy atom. The average molecular weight is 273 g/mol. The topological polar surface area (TPSA) is 78.6 Å². The predicted molar refractivity (Wildman–Crippen MR) is 69.3 cm³/mol. The molecule has 0 aromatic heterocycles. The molecular weight excluding hydrogens is 254 g/mol. The third kappa shape index (κ3) is 3.44. The largest absolute Gasteiger partial charge is 0.495 e. The molecule has 1 rings (SSSR count). The minimum Gasteiger partial charge on any atom is -0.495 e. The van der Waals surface area contributed by atoms with Gasteiger partial charge in [-0.25, -0.2) is 14.3 Å². The van der Waals surface area contributed by atoms with Gasteiger partial charge in [0, 0.05) is 0 Å². The molecule has 102 valence electrons. The Morgan fingerprint density at radius 3 is 2.39 bits per heavy atom. The Morgan fingerprint density at radius 1 is 1.22 bits per heavy atom. The molecule has 0 saturated heterocycles. The molecule has 1 aromatic rings. The molecule has 0 atom stereocenters. The summed E-state index contributed by atoms with van der Waals surface area (Å²) in [7, 11) is -1.91. The molecule has 0 aliphatic carbocycles. The normalized spacial score (nSPS) is 11.6. The summed E-state index contributed by atoms with van der Waals surface area (Å²) in [5.41, 5.74) is 1.92. The van der Waals surface area contributed by atoms with Crippen LogP contribution < -0.4 is 10.6 Å². The van der Waals surface area contributed by atoms with Gasteiger partial charge in [0.15, 0.2) is 9.84 Å². The molecule has 1 aromatic carbocycles. The van der Waals surface area contributed by atoms with Crippen LogP contribution in [0.25, 0.3) is 0 Å². The fourth-order valence-corrected chi connectivity index (χ4v) is 3.13. The summed E-state index contributed by atoms with van der Waals surface area (Å²) in [6.45, 7) is 4.00. The van der Waals surface area contributed by atoms with Gasteiger partial charge in [-0.15, -0.1) is 0 Å². The number of sulfone groups is 1. The van der Waals surface area contributed by atoms with Gasteiger partial charge in [0.2, 0.25) is 0 Å². The lowest BCUT2D eigenvalue weighted by Crippen LogP contribution is -2.12. The van der Waals surface area contributed by atoms with Crippen LogP contribution in [-0.2, 0) is 14.7 Å². The van der Waals surface area contributed by atoms with Gasteiger partial charge in [0.25, 0.3) is 0 Å². The first-order chi connectivity index (χ1) is 8.42. The van der Waals surface area contributed by atoms with E-state index in [2.05, 4.69) is 4.84 Å². The smallest absolute Gasteiger partial charge is 0.182 e. The van der Waals surface area contributed by atoms with Crippen molar-refractivity contribution in [1.82, 2.24) is 0 Å². The van der Waals surface area contributed by atoms with E-state index in [0.29, 0.717) is 12.2 Å². The zero-order valence-electron chi connectivity index (χ0n) is 10.9. The number of hydrogen-bond acceptors (Lipinski definition) is 5. The SMILES string of the molecule is COc1cc(C)c(C)cc1S(=O)(=O)CCCON. The van der Waals surface area contributed by atoms with Crippen LogP contribution in [0.3, 0.4) is 0 Å². The average Bonchev–Trinajstić information content (AvgIpc) is 2.32. The van der Waals surface area contributed by atoms with E-state index in [4.69, 9.17) is 10.6 Å². The van der Waals surface area contributed by atoms with E-state index in [0.717, 1.165) is 11.1 Å². The van der Waals surface area contributed by atoms with Crippen LogP contribution in [0, 0.1) is 13.8 Å². The van der Waals surface area contributed by atoms with E-state index in [1.165, 1.54) is 7.11 Å². The van der Waals surface area contributed by atoms with E-state index in [-0.39, 0.29) is 17.3 Å². The van der Waals surface area contributed by atoms with Gasteiger partial charge in [0.1, 0.15) is 10.6 Å². The highest BCUT2D eigenvalue weighted by Crippen LogP contribution is 2.28. The van der Waals surface area contributed by atoms with Gasteiger partial charge in [-0.1, -0.05) is 0 Å². The van der Waals surface area contributed by atoms with Crippen LogP contribution in [-0.4, -0.2) is 27.9 Å². The number of benzene rings is 1. The summed E-state index contributed by atoms with van der Waals surface area (Å²) >= 11 is 0. The van der Waals surface area contributed by atoms with Crippen LogP contribution in [0.5, 0.6) is 5.75 Å². The molecule has 0 unspecified atom stereocenters. The lowest BCUT2D eigenvalue weighted by atomic mass is 10.1. The molecule has 0 saturated carbocycles. The Labute approximate surface area is 108 Å². The Bertz CT molecular complexity index is 511. The molecular formula is C12H19NO4S. The molecule has 0 heterocycles. The van der Waals surface area contributed by atoms with E-state index < -0.39 is 9.84 Å². The fourth-order valence-electron chi connectivity index (χ4n) is 1.61. The highest BCUT2D eigenvalue weighted by Gasteiger charge is 2.20. The van der Waals surface area contributed by atoms with E-state index in [9.17, 15) is 8.42 Å². The molecule has 0 aliphatic heterocycles. The van der Waals surface area contributed by atoms with Gasteiger partial charge in [-0.2, -0.15) is 0 Å². The summed E-state index contributed by atoms with van der Waals surface area (Å²) in [6.07, 6.45) is 0.356. The van der Waals surface area contributed by atoms with Gasteiger partial charge < -0.3 is 9.57 Å². The second-order valence-corrected chi connectivity index (χ2v) is 6.21. The molecule has 0 radical (unpaired) electrons. The van der Waals surface area contributed by atoms with Crippen LogP contribution in [0.4, 0.5) is 0 Å². The van der Waals surface area contributed by atoms with E-state index >= 15 is 0 Å². The zero-order chi connectivity index (χ0) is 13.8. The summed E-state index contributed by atoms with van der Waals surface area (Å²) in [5.74, 6) is 5.25. The van der Waals surface area contributed by atoms with Gasteiger partial charge in [-0.3, -0.25) is 0 Å². The Kier molecular flexibility index (Phi) is 5.13. The molecule has 0 spiro atoms. The highest BCUT2D eigenvalue weighted by atomic mass is 32.2. The summed E-state index contributed by atoms with van der Waals surface area (Å²) in [5, 5.41) is 0. The molecule has 0 amide bonds. The van der Waals surface area contributed by atoms with Crippen molar-refractivity contribution < 1.29 is 18.0 Å².